The molecular weight excluding hydrogens is 672 g/mol. The maximum Gasteiger partial charge on any atom is 0.407 e. The van der Waals surface area contributed by atoms with Gasteiger partial charge < -0.3 is 20.4 Å². The van der Waals surface area contributed by atoms with Crippen molar-refractivity contribution in [3.63, 3.8) is 0 Å². The van der Waals surface area contributed by atoms with E-state index in [1.54, 1.807) is 30.3 Å². The van der Waals surface area contributed by atoms with Crippen LogP contribution < -0.4 is 10.0 Å². The van der Waals surface area contributed by atoms with Crippen molar-refractivity contribution in [2.24, 2.45) is 5.11 Å². The van der Waals surface area contributed by atoms with Gasteiger partial charge in [-0.15, -0.1) is 0 Å². The summed E-state index contributed by atoms with van der Waals surface area (Å²) in [6.07, 6.45) is 0.278. The molecule has 4 N–H and O–H groups in total. The van der Waals surface area contributed by atoms with Gasteiger partial charge in [-0.2, -0.15) is 0 Å². The van der Waals surface area contributed by atoms with Gasteiger partial charge in [0.1, 0.15) is 17.7 Å². The fraction of sp³-hybridized carbons (Fsp3) is 0.387. The Morgan fingerprint density at radius 3 is 2.46 bits per heavy atom. The third-order valence-electron chi connectivity index (χ3n) is 7.69. The average molecular weight is 706 g/mol. The first kappa shape index (κ1) is 36.5. The molecule has 1 heterocycles. The number of azide groups is 1. The molecule has 13 nitrogen and oxygen atoms in total. The fourth-order valence-corrected chi connectivity index (χ4v) is 7.04. The molecule has 2 amide bonds. The summed E-state index contributed by atoms with van der Waals surface area (Å²) in [7, 11) is -3.80. The van der Waals surface area contributed by atoms with Gasteiger partial charge in [0.2, 0.25) is 15.9 Å². The number of amides is 2. The summed E-state index contributed by atoms with van der Waals surface area (Å²) in [4.78, 5) is 33.2. The molecule has 48 heavy (non-hydrogen) atoms. The number of aliphatic hydroxyl groups excluding tert-OH is 1. The second kappa shape index (κ2) is 16.2. The molecule has 0 saturated heterocycles. The lowest BCUT2D eigenvalue weighted by Crippen LogP contribution is -2.48. The highest BCUT2D eigenvalue weighted by Gasteiger charge is 2.38. The molecule has 0 radical (unpaired) electrons. The minimum atomic E-state index is -3.80. The van der Waals surface area contributed by atoms with Gasteiger partial charge in [-0.25, -0.2) is 26.7 Å². The summed E-state index contributed by atoms with van der Waals surface area (Å²) < 4.78 is 57.7. The van der Waals surface area contributed by atoms with E-state index < -0.39 is 63.0 Å². The standard InChI is InChI=1S/C31H34ClF2N7O6S/c1-18(42)16-41(31(44)45)17-23(39-48(46,47)24-10-11-24)9-12-25-26(34)14-36-15-27(25)37-30(43)29(38-40-35)28(19-5-7-21(32)8-6-19)20-3-2-4-22(33)13-20/h2-8,13-15,18,23-24,28-29,39,42H,9-12,16-17H2,1H3,(H,37,43)(H,44,45)/t18-,23-,28+,29+/m1/s1. The molecule has 1 aliphatic rings. The minimum Gasteiger partial charge on any atom is -0.465 e. The van der Waals surface area contributed by atoms with Crippen LogP contribution in [0.1, 0.15) is 48.8 Å². The predicted molar refractivity (Wildman–Crippen MR) is 174 cm³/mol. The van der Waals surface area contributed by atoms with Crippen molar-refractivity contribution in [2.45, 2.75) is 62.0 Å². The minimum absolute atomic E-state index is 0.0696. The van der Waals surface area contributed by atoms with Crippen LogP contribution in [0.4, 0.5) is 19.3 Å². The highest BCUT2D eigenvalue weighted by molar-refractivity contribution is 7.90. The number of pyridine rings is 1. The Balaban J connectivity index is 1.63. The molecule has 4 atom stereocenters. The van der Waals surface area contributed by atoms with E-state index in [-0.39, 0.29) is 37.2 Å². The molecule has 1 aliphatic carbocycles. The van der Waals surface area contributed by atoms with E-state index in [9.17, 15) is 38.1 Å². The number of carboxylic acid groups (broad SMARTS) is 1. The Labute approximate surface area is 280 Å². The lowest BCUT2D eigenvalue weighted by atomic mass is 9.84. The van der Waals surface area contributed by atoms with Crippen molar-refractivity contribution in [1.29, 1.82) is 0 Å². The molecule has 2 aromatic carbocycles. The van der Waals surface area contributed by atoms with Gasteiger partial charge in [0, 0.05) is 40.5 Å². The third-order valence-corrected chi connectivity index (χ3v) is 9.96. The van der Waals surface area contributed by atoms with E-state index in [0.717, 1.165) is 11.1 Å². The molecule has 0 bridgehead atoms. The lowest BCUT2D eigenvalue weighted by molar-refractivity contribution is -0.117. The van der Waals surface area contributed by atoms with E-state index in [1.807, 2.05) is 0 Å². The number of carbonyl (C=O) groups excluding carboxylic acids is 1. The molecule has 17 heteroatoms. The maximum absolute atomic E-state index is 15.3. The van der Waals surface area contributed by atoms with E-state index >= 15 is 4.39 Å². The summed E-state index contributed by atoms with van der Waals surface area (Å²) >= 11 is 6.06. The second-order valence-corrected chi connectivity index (χ2v) is 13.9. The Hall–Kier alpha value is -4.34. The quantitative estimate of drug-likeness (QED) is 0.0891. The average Bonchev–Trinajstić information content (AvgIpc) is 3.87. The van der Waals surface area contributed by atoms with Crippen LogP contribution in [0.15, 0.2) is 66.0 Å². The van der Waals surface area contributed by atoms with Gasteiger partial charge in [0.25, 0.3) is 0 Å². The number of nitrogens with zero attached hydrogens (tertiary/aromatic N) is 5. The smallest absolute Gasteiger partial charge is 0.407 e. The van der Waals surface area contributed by atoms with Gasteiger partial charge >= 0.3 is 6.09 Å². The van der Waals surface area contributed by atoms with Crippen LogP contribution in [0.5, 0.6) is 0 Å². The normalized spacial score (nSPS) is 15.4. The van der Waals surface area contributed by atoms with E-state index in [0.29, 0.717) is 29.0 Å². The van der Waals surface area contributed by atoms with Crippen LogP contribution in [0.2, 0.25) is 5.02 Å². The first-order chi connectivity index (χ1) is 22.8. The second-order valence-electron chi connectivity index (χ2n) is 11.5. The summed E-state index contributed by atoms with van der Waals surface area (Å²) in [5.74, 6) is -3.29. The van der Waals surface area contributed by atoms with Crippen LogP contribution in [-0.4, -0.2) is 77.0 Å². The molecule has 4 rings (SSSR count). The van der Waals surface area contributed by atoms with Crippen molar-refractivity contribution < 1.29 is 37.0 Å². The Morgan fingerprint density at radius 1 is 1.15 bits per heavy atom. The number of hydrogen-bond donors (Lipinski definition) is 4. The Bertz CT molecular complexity index is 1770. The van der Waals surface area contributed by atoms with Crippen LogP contribution in [0.25, 0.3) is 10.4 Å². The highest BCUT2D eigenvalue weighted by atomic mass is 35.5. The molecule has 1 aromatic heterocycles. The molecular formula is C31H34ClF2N7O6S. The number of aliphatic hydroxyl groups is 1. The summed E-state index contributed by atoms with van der Waals surface area (Å²) in [6.45, 7) is 0.759. The van der Waals surface area contributed by atoms with Gasteiger partial charge in [0.15, 0.2) is 0 Å². The van der Waals surface area contributed by atoms with Crippen LogP contribution in [0.3, 0.4) is 0 Å². The zero-order valence-electron chi connectivity index (χ0n) is 25.7. The topological polar surface area (TPSA) is 198 Å². The van der Waals surface area contributed by atoms with Crippen LogP contribution in [-0.2, 0) is 21.2 Å². The van der Waals surface area contributed by atoms with Crippen LogP contribution in [0, 0.1) is 11.6 Å². The number of hydrogen-bond acceptors (Lipinski definition) is 7. The van der Waals surface area contributed by atoms with Crippen molar-refractivity contribution >= 4 is 39.3 Å². The Kier molecular flexibility index (Phi) is 12.3. The fourth-order valence-electron chi connectivity index (χ4n) is 5.31. The zero-order valence-corrected chi connectivity index (χ0v) is 27.3. The molecule has 1 fully saturated rings. The number of aromatic nitrogens is 1. The highest BCUT2D eigenvalue weighted by Crippen LogP contribution is 2.33. The van der Waals surface area contributed by atoms with Gasteiger partial charge in [-0.05, 0) is 73.5 Å². The number of sulfonamides is 1. The molecule has 3 aromatic rings. The zero-order chi connectivity index (χ0) is 35.0. The van der Waals surface area contributed by atoms with Crippen molar-refractivity contribution in [2.75, 3.05) is 18.4 Å². The summed E-state index contributed by atoms with van der Waals surface area (Å²) in [5.41, 5.74) is 10.0. The number of halogens is 3. The molecule has 0 aliphatic heterocycles. The third kappa shape index (κ3) is 9.84. The summed E-state index contributed by atoms with van der Waals surface area (Å²) in [6, 6.07) is 9.21. The molecule has 256 valence electrons. The number of nitrogens with one attached hydrogen (secondary N) is 2. The van der Waals surface area contributed by atoms with Gasteiger partial charge in [-0.1, -0.05) is 41.0 Å². The van der Waals surface area contributed by atoms with Crippen molar-refractivity contribution in [3.05, 3.63) is 105 Å². The van der Waals surface area contributed by atoms with Gasteiger partial charge in [0.05, 0.1) is 29.4 Å². The van der Waals surface area contributed by atoms with Crippen LogP contribution >= 0.6 is 11.6 Å². The lowest BCUT2D eigenvalue weighted by Gasteiger charge is -2.27. The first-order valence-corrected chi connectivity index (χ1v) is 16.9. The van der Waals surface area contributed by atoms with E-state index in [2.05, 4.69) is 25.0 Å². The van der Waals surface area contributed by atoms with E-state index in [1.165, 1.54) is 31.3 Å². The molecule has 1 saturated carbocycles. The molecule has 0 unspecified atom stereocenters. The van der Waals surface area contributed by atoms with Gasteiger partial charge in [-0.3, -0.25) is 9.78 Å². The van der Waals surface area contributed by atoms with Crippen molar-refractivity contribution in [3.8, 4) is 0 Å². The first-order valence-electron chi connectivity index (χ1n) is 14.9. The SMILES string of the molecule is C[C@@H](O)CN(C[C@@H](CCc1c(F)cncc1NC(=O)[C@@H](N=[N+]=[N-])[C@@H](c1ccc(Cl)cc1)c1cccc(F)c1)NS(=O)(=O)C1CC1)C(=O)O. The number of benzene rings is 2. The van der Waals surface area contributed by atoms with Crippen molar-refractivity contribution in [1.82, 2.24) is 14.6 Å². The maximum atomic E-state index is 15.3. The number of anilines is 1. The number of carbonyl (C=O) groups is 2. The monoisotopic (exact) mass is 705 g/mol. The Morgan fingerprint density at radius 2 is 1.85 bits per heavy atom. The molecule has 0 spiro atoms. The summed E-state index contributed by atoms with van der Waals surface area (Å²) in [5, 5.41) is 25.5. The number of rotatable bonds is 16. The predicted octanol–water partition coefficient (Wildman–Crippen LogP) is 5.21. The van der Waals surface area contributed by atoms with E-state index in [4.69, 9.17) is 11.6 Å². The largest absolute Gasteiger partial charge is 0.465 e.